The van der Waals surface area contributed by atoms with E-state index in [-0.39, 0.29) is 5.54 Å². The molecular weight excluding hydrogens is 212 g/mol. The van der Waals surface area contributed by atoms with Crippen molar-refractivity contribution < 1.29 is 4.74 Å². The van der Waals surface area contributed by atoms with Gasteiger partial charge >= 0.3 is 0 Å². The van der Waals surface area contributed by atoms with E-state index in [1.165, 1.54) is 25.7 Å². The van der Waals surface area contributed by atoms with Gasteiger partial charge in [0.25, 0.3) is 0 Å². The van der Waals surface area contributed by atoms with Gasteiger partial charge < -0.3 is 10.1 Å². The van der Waals surface area contributed by atoms with Crippen molar-refractivity contribution in [3.05, 3.63) is 0 Å². The fraction of sp³-hybridized carbons (Fsp3) is 1.00. The van der Waals surface area contributed by atoms with Crippen LogP contribution in [0.25, 0.3) is 0 Å². The predicted molar refractivity (Wildman–Crippen MR) is 71.3 cm³/mol. The van der Waals surface area contributed by atoms with Gasteiger partial charge in [0.05, 0.1) is 13.2 Å². The largest absolute Gasteiger partial charge is 0.378 e. The maximum atomic E-state index is 5.63. The van der Waals surface area contributed by atoms with Crippen LogP contribution in [0, 0.1) is 0 Å². The van der Waals surface area contributed by atoms with E-state index in [1.54, 1.807) is 0 Å². The van der Waals surface area contributed by atoms with Gasteiger partial charge in [-0.2, -0.15) is 0 Å². The maximum Gasteiger partial charge on any atom is 0.0645 e. The highest BCUT2D eigenvalue weighted by atomic mass is 16.5. The van der Waals surface area contributed by atoms with Crippen molar-refractivity contribution in [2.24, 2.45) is 0 Å². The van der Waals surface area contributed by atoms with Crippen molar-refractivity contribution in [2.75, 3.05) is 26.3 Å². The van der Waals surface area contributed by atoms with Crippen LogP contribution in [0.4, 0.5) is 0 Å². The van der Waals surface area contributed by atoms with Crippen molar-refractivity contribution in [3.8, 4) is 0 Å². The molecule has 17 heavy (non-hydrogen) atoms. The Hall–Kier alpha value is -0.120. The first-order valence-electron chi connectivity index (χ1n) is 7.23. The first kappa shape index (κ1) is 13.3. The maximum absolute atomic E-state index is 5.63. The summed E-state index contributed by atoms with van der Waals surface area (Å²) in [5.74, 6) is 0. The third kappa shape index (κ3) is 3.01. The molecule has 3 heteroatoms. The van der Waals surface area contributed by atoms with Crippen molar-refractivity contribution >= 4 is 0 Å². The second kappa shape index (κ2) is 5.68. The van der Waals surface area contributed by atoms with Gasteiger partial charge in [0, 0.05) is 24.2 Å². The zero-order valence-corrected chi connectivity index (χ0v) is 11.7. The van der Waals surface area contributed by atoms with Crippen LogP contribution in [0.2, 0.25) is 0 Å². The normalized spacial score (nSPS) is 34.1. The van der Waals surface area contributed by atoms with Crippen molar-refractivity contribution in [2.45, 2.75) is 64.1 Å². The van der Waals surface area contributed by atoms with Gasteiger partial charge in [-0.3, -0.25) is 4.90 Å². The third-order valence-electron chi connectivity index (χ3n) is 4.25. The van der Waals surface area contributed by atoms with Crippen LogP contribution in [-0.4, -0.2) is 48.8 Å². The van der Waals surface area contributed by atoms with Crippen molar-refractivity contribution in [3.63, 3.8) is 0 Å². The first-order chi connectivity index (χ1) is 8.15. The van der Waals surface area contributed by atoms with Gasteiger partial charge in [0.15, 0.2) is 0 Å². The standard InChI is InChI=1S/C14H28N2O/c1-4-8-15-12-6-5-7-13(12)16-9-10-17-11-14(16,2)3/h12-13,15H,4-11H2,1-3H3. The fourth-order valence-electron chi connectivity index (χ4n) is 3.37. The van der Waals surface area contributed by atoms with Crippen LogP contribution in [0.3, 0.4) is 0 Å². The molecule has 1 saturated carbocycles. The summed E-state index contributed by atoms with van der Waals surface area (Å²) < 4.78 is 5.63. The molecule has 2 atom stereocenters. The zero-order valence-electron chi connectivity index (χ0n) is 11.7. The number of nitrogens with one attached hydrogen (secondary N) is 1. The van der Waals surface area contributed by atoms with Crippen LogP contribution in [-0.2, 0) is 4.74 Å². The van der Waals surface area contributed by atoms with Gasteiger partial charge in [0.2, 0.25) is 0 Å². The molecule has 0 aromatic heterocycles. The molecule has 0 spiro atoms. The molecular formula is C14H28N2O. The van der Waals surface area contributed by atoms with Crippen LogP contribution in [0.1, 0.15) is 46.5 Å². The molecule has 1 N–H and O–H groups in total. The molecule has 0 bridgehead atoms. The number of morpholine rings is 1. The summed E-state index contributed by atoms with van der Waals surface area (Å²) in [4.78, 5) is 2.69. The van der Waals surface area contributed by atoms with Gasteiger partial charge in [-0.05, 0) is 39.7 Å². The lowest BCUT2D eigenvalue weighted by molar-refractivity contribution is -0.0749. The molecule has 3 nitrogen and oxygen atoms in total. The van der Waals surface area contributed by atoms with E-state index in [0.717, 1.165) is 32.3 Å². The molecule has 2 fully saturated rings. The highest BCUT2D eigenvalue weighted by Gasteiger charge is 2.40. The second-order valence-corrected chi connectivity index (χ2v) is 6.12. The molecule has 1 aliphatic carbocycles. The summed E-state index contributed by atoms with van der Waals surface area (Å²) in [7, 11) is 0. The van der Waals surface area contributed by atoms with E-state index in [4.69, 9.17) is 4.74 Å². The highest BCUT2D eigenvalue weighted by molar-refractivity contribution is 4.97. The summed E-state index contributed by atoms with van der Waals surface area (Å²) in [5, 5.41) is 3.73. The molecule has 1 aliphatic heterocycles. The minimum atomic E-state index is 0.208. The SMILES string of the molecule is CCCNC1CCCC1N1CCOCC1(C)C. The average molecular weight is 240 g/mol. The Bertz CT molecular complexity index is 242. The van der Waals surface area contributed by atoms with Gasteiger partial charge in [-0.1, -0.05) is 13.3 Å². The lowest BCUT2D eigenvalue weighted by Crippen LogP contribution is -2.60. The smallest absolute Gasteiger partial charge is 0.0645 e. The molecule has 2 rings (SSSR count). The summed E-state index contributed by atoms with van der Waals surface area (Å²) in [5.41, 5.74) is 0.208. The van der Waals surface area contributed by atoms with E-state index >= 15 is 0 Å². The number of hydrogen-bond donors (Lipinski definition) is 1. The van der Waals surface area contributed by atoms with E-state index < -0.39 is 0 Å². The summed E-state index contributed by atoms with van der Waals surface area (Å²) in [6.07, 6.45) is 5.30. The van der Waals surface area contributed by atoms with E-state index in [0.29, 0.717) is 6.04 Å². The Kier molecular flexibility index (Phi) is 4.45. The number of ether oxygens (including phenoxy) is 1. The first-order valence-corrected chi connectivity index (χ1v) is 7.23. The fourth-order valence-corrected chi connectivity index (χ4v) is 3.37. The molecule has 0 amide bonds. The Balaban J connectivity index is 1.98. The zero-order chi connectivity index (χ0) is 12.3. The molecule has 1 saturated heterocycles. The Labute approximate surface area is 106 Å². The van der Waals surface area contributed by atoms with Crippen LogP contribution in [0.15, 0.2) is 0 Å². The Morgan fingerprint density at radius 2 is 2.18 bits per heavy atom. The molecule has 1 heterocycles. The van der Waals surface area contributed by atoms with Gasteiger partial charge in [-0.15, -0.1) is 0 Å². The molecule has 2 aliphatic rings. The van der Waals surface area contributed by atoms with E-state index in [9.17, 15) is 0 Å². The van der Waals surface area contributed by atoms with Crippen molar-refractivity contribution in [1.29, 1.82) is 0 Å². The lowest BCUT2D eigenvalue weighted by Gasteiger charge is -2.47. The monoisotopic (exact) mass is 240 g/mol. The molecule has 0 radical (unpaired) electrons. The van der Waals surface area contributed by atoms with Crippen molar-refractivity contribution in [1.82, 2.24) is 10.2 Å². The summed E-state index contributed by atoms with van der Waals surface area (Å²) in [6, 6.07) is 1.42. The molecule has 100 valence electrons. The number of nitrogens with zero attached hydrogens (tertiary/aromatic N) is 1. The Morgan fingerprint density at radius 1 is 1.35 bits per heavy atom. The molecule has 2 unspecified atom stereocenters. The van der Waals surface area contributed by atoms with E-state index in [1.807, 2.05) is 0 Å². The van der Waals surface area contributed by atoms with Crippen LogP contribution in [0.5, 0.6) is 0 Å². The summed E-state index contributed by atoms with van der Waals surface area (Å²) in [6.45, 7) is 10.9. The average Bonchev–Trinajstić information content (AvgIpc) is 2.73. The van der Waals surface area contributed by atoms with Crippen LogP contribution >= 0.6 is 0 Å². The topological polar surface area (TPSA) is 24.5 Å². The second-order valence-electron chi connectivity index (χ2n) is 6.12. The predicted octanol–water partition coefficient (Wildman–Crippen LogP) is 2.02. The van der Waals surface area contributed by atoms with Gasteiger partial charge in [0.1, 0.15) is 0 Å². The summed E-state index contributed by atoms with van der Waals surface area (Å²) >= 11 is 0. The van der Waals surface area contributed by atoms with Crippen LogP contribution < -0.4 is 5.32 Å². The highest BCUT2D eigenvalue weighted by Crippen LogP contribution is 2.31. The molecule has 0 aromatic carbocycles. The van der Waals surface area contributed by atoms with Gasteiger partial charge in [-0.25, -0.2) is 0 Å². The number of hydrogen-bond acceptors (Lipinski definition) is 3. The third-order valence-corrected chi connectivity index (χ3v) is 4.25. The number of rotatable bonds is 4. The lowest BCUT2D eigenvalue weighted by atomic mass is 9.97. The Morgan fingerprint density at radius 3 is 2.88 bits per heavy atom. The minimum Gasteiger partial charge on any atom is -0.378 e. The minimum absolute atomic E-state index is 0.208. The quantitative estimate of drug-likeness (QED) is 0.813. The molecule has 0 aromatic rings. The van der Waals surface area contributed by atoms with E-state index in [2.05, 4.69) is 31.0 Å².